The van der Waals surface area contributed by atoms with Crippen molar-refractivity contribution in [2.75, 3.05) is 25.5 Å². The highest BCUT2D eigenvalue weighted by Gasteiger charge is 2.31. The lowest BCUT2D eigenvalue weighted by Crippen LogP contribution is -2.48. The average molecular weight is 374 g/mol. The van der Waals surface area contributed by atoms with Gasteiger partial charge in [-0.2, -0.15) is 0 Å². The Morgan fingerprint density at radius 2 is 1.93 bits per heavy atom. The summed E-state index contributed by atoms with van der Waals surface area (Å²) < 4.78 is 0. The molecule has 2 aromatic rings. The second-order valence-corrected chi connectivity index (χ2v) is 8.10. The van der Waals surface area contributed by atoms with Crippen molar-refractivity contribution >= 4 is 11.9 Å². The number of likely N-dealkylation sites (N-methyl/N-ethyl adjacent to an activating group) is 2. The predicted molar refractivity (Wildman–Crippen MR) is 121 cm³/mol. The van der Waals surface area contributed by atoms with Crippen LogP contribution in [0, 0.1) is 6.92 Å². The van der Waals surface area contributed by atoms with Gasteiger partial charge < -0.3 is 10.2 Å². The summed E-state index contributed by atoms with van der Waals surface area (Å²) in [6.07, 6.45) is 10.3. The van der Waals surface area contributed by atoms with Crippen molar-refractivity contribution in [1.82, 2.24) is 5.32 Å². The molecule has 0 bridgehead atoms. The summed E-state index contributed by atoms with van der Waals surface area (Å²) in [7, 11) is 4.28. The lowest BCUT2D eigenvalue weighted by Gasteiger charge is -2.36. The molecule has 0 amide bonds. The first-order valence-electron chi connectivity index (χ1n) is 10.4. The lowest BCUT2D eigenvalue weighted by molar-refractivity contribution is 0.562. The van der Waals surface area contributed by atoms with Gasteiger partial charge in [-0.05, 0) is 56.3 Å². The summed E-state index contributed by atoms with van der Waals surface area (Å²) in [6, 6.07) is 16.2. The van der Waals surface area contributed by atoms with Gasteiger partial charge in [0.15, 0.2) is 0 Å². The van der Waals surface area contributed by atoms with Gasteiger partial charge >= 0.3 is 0 Å². The van der Waals surface area contributed by atoms with Crippen molar-refractivity contribution in [3.8, 4) is 11.1 Å². The molecule has 0 aromatic heterocycles. The van der Waals surface area contributed by atoms with E-state index in [1.54, 1.807) is 0 Å². The van der Waals surface area contributed by atoms with E-state index in [0.29, 0.717) is 12.0 Å². The maximum atomic E-state index is 4.59. The zero-order chi connectivity index (χ0) is 19.5. The Morgan fingerprint density at radius 1 is 1.11 bits per heavy atom. The van der Waals surface area contributed by atoms with E-state index in [0.717, 1.165) is 13.0 Å². The van der Waals surface area contributed by atoms with Gasteiger partial charge in [-0.1, -0.05) is 54.1 Å². The summed E-state index contributed by atoms with van der Waals surface area (Å²) in [4.78, 5) is 7.08. The number of aliphatic imine (C=N–C) groups is 1. The zero-order valence-electron chi connectivity index (χ0n) is 17.2. The number of anilines is 1. The monoisotopic (exact) mass is 373 g/mol. The SMILES string of the molecule is CNC1C=NCC1N(C)c1c(-c2ccccc2)cc(C)cc1C1CC=CCC1. The zero-order valence-corrected chi connectivity index (χ0v) is 17.2. The minimum absolute atomic E-state index is 0.286. The fourth-order valence-electron chi connectivity index (χ4n) is 4.72. The van der Waals surface area contributed by atoms with E-state index >= 15 is 0 Å². The van der Waals surface area contributed by atoms with Crippen LogP contribution in [0.4, 0.5) is 5.69 Å². The molecule has 146 valence electrons. The van der Waals surface area contributed by atoms with E-state index in [9.17, 15) is 0 Å². The van der Waals surface area contributed by atoms with Crippen LogP contribution in [0.25, 0.3) is 11.1 Å². The summed E-state index contributed by atoms with van der Waals surface area (Å²) in [6.45, 7) is 3.07. The van der Waals surface area contributed by atoms with Crippen LogP contribution in [-0.4, -0.2) is 38.9 Å². The Labute approximate surface area is 169 Å². The van der Waals surface area contributed by atoms with Gasteiger partial charge in [0.2, 0.25) is 0 Å². The van der Waals surface area contributed by atoms with E-state index in [1.807, 2.05) is 7.05 Å². The molecule has 1 N–H and O–H groups in total. The van der Waals surface area contributed by atoms with E-state index < -0.39 is 0 Å². The van der Waals surface area contributed by atoms with Crippen LogP contribution < -0.4 is 10.2 Å². The topological polar surface area (TPSA) is 27.6 Å². The van der Waals surface area contributed by atoms with Crippen LogP contribution in [0.15, 0.2) is 59.6 Å². The first-order chi connectivity index (χ1) is 13.7. The Bertz CT molecular complexity index is 869. The van der Waals surface area contributed by atoms with Crippen LogP contribution >= 0.6 is 0 Å². The standard InChI is InChI=1S/C25H31N3/c1-18-14-21(19-10-6-4-7-11-19)25(22(15-18)20-12-8-5-9-13-20)28(3)24-17-27-16-23(24)26-2/h4-8,10-11,14-16,20,23-24,26H,9,12-13,17H2,1-3H3. The minimum Gasteiger partial charge on any atom is -0.367 e. The Morgan fingerprint density at radius 3 is 2.64 bits per heavy atom. The van der Waals surface area contributed by atoms with Crippen LogP contribution in [0.5, 0.6) is 0 Å². The molecule has 0 saturated carbocycles. The molecular formula is C25H31N3. The first kappa shape index (κ1) is 18.9. The first-order valence-corrected chi connectivity index (χ1v) is 10.4. The molecule has 3 nitrogen and oxygen atoms in total. The summed E-state index contributed by atoms with van der Waals surface area (Å²) in [5.41, 5.74) is 6.85. The molecule has 0 fully saturated rings. The van der Waals surface area contributed by atoms with E-state index in [1.165, 1.54) is 40.8 Å². The fraction of sp³-hybridized carbons (Fsp3) is 0.400. The highest BCUT2D eigenvalue weighted by atomic mass is 15.2. The summed E-state index contributed by atoms with van der Waals surface area (Å²) >= 11 is 0. The fourth-order valence-corrected chi connectivity index (χ4v) is 4.72. The molecule has 0 radical (unpaired) electrons. The Balaban J connectivity index is 1.86. The number of hydrogen-bond acceptors (Lipinski definition) is 3. The van der Waals surface area contributed by atoms with Crippen LogP contribution in [0.1, 0.15) is 36.3 Å². The van der Waals surface area contributed by atoms with Crippen LogP contribution in [-0.2, 0) is 0 Å². The smallest absolute Gasteiger partial charge is 0.0685 e. The summed E-state index contributed by atoms with van der Waals surface area (Å²) in [5.74, 6) is 0.583. The minimum atomic E-state index is 0.286. The van der Waals surface area contributed by atoms with Gasteiger partial charge in [0.25, 0.3) is 0 Å². The van der Waals surface area contributed by atoms with Crippen LogP contribution in [0.3, 0.4) is 0 Å². The van der Waals surface area contributed by atoms with Gasteiger partial charge in [0.1, 0.15) is 0 Å². The number of benzene rings is 2. The second-order valence-electron chi connectivity index (χ2n) is 8.10. The molecule has 3 atom stereocenters. The largest absolute Gasteiger partial charge is 0.367 e. The molecule has 4 rings (SSSR count). The van der Waals surface area contributed by atoms with Gasteiger partial charge in [-0.25, -0.2) is 0 Å². The van der Waals surface area contributed by atoms with Crippen molar-refractivity contribution in [1.29, 1.82) is 0 Å². The van der Waals surface area contributed by atoms with Crippen molar-refractivity contribution in [3.05, 3.63) is 65.7 Å². The Kier molecular flexibility index (Phi) is 5.63. The molecule has 2 aliphatic rings. The molecule has 1 heterocycles. The molecule has 2 aromatic carbocycles. The second kappa shape index (κ2) is 8.32. The number of aryl methyl sites for hydroxylation is 1. The van der Waals surface area contributed by atoms with E-state index in [4.69, 9.17) is 0 Å². The molecule has 1 aliphatic heterocycles. The normalized spacial score (nSPS) is 23.9. The van der Waals surface area contributed by atoms with Gasteiger partial charge in [-0.3, -0.25) is 4.99 Å². The lowest BCUT2D eigenvalue weighted by atomic mass is 9.83. The van der Waals surface area contributed by atoms with Crippen molar-refractivity contribution in [2.45, 2.75) is 44.2 Å². The van der Waals surface area contributed by atoms with Crippen molar-refractivity contribution in [2.24, 2.45) is 4.99 Å². The van der Waals surface area contributed by atoms with Gasteiger partial charge in [-0.15, -0.1) is 0 Å². The molecule has 28 heavy (non-hydrogen) atoms. The predicted octanol–water partition coefficient (Wildman–Crippen LogP) is 4.96. The number of nitrogens with zero attached hydrogens (tertiary/aromatic N) is 2. The van der Waals surface area contributed by atoms with Crippen molar-refractivity contribution < 1.29 is 0 Å². The number of nitrogens with one attached hydrogen (secondary N) is 1. The third-order valence-electron chi connectivity index (χ3n) is 6.23. The van der Waals surface area contributed by atoms with Crippen molar-refractivity contribution in [3.63, 3.8) is 0 Å². The summed E-state index contributed by atoms with van der Waals surface area (Å²) in [5, 5.41) is 3.43. The molecule has 1 aliphatic carbocycles. The molecule has 0 spiro atoms. The van der Waals surface area contributed by atoms with Gasteiger partial charge in [0, 0.05) is 24.5 Å². The molecular weight excluding hydrogens is 342 g/mol. The van der Waals surface area contributed by atoms with Gasteiger partial charge in [0.05, 0.1) is 18.6 Å². The molecule has 3 heteroatoms. The van der Waals surface area contributed by atoms with E-state index in [2.05, 4.69) is 90.0 Å². The average Bonchev–Trinajstić information content (AvgIpc) is 3.23. The third kappa shape index (κ3) is 3.64. The maximum Gasteiger partial charge on any atom is 0.0685 e. The third-order valence-corrected chi connectivity index (χ3v) is 6.23. The quantitative estimate of drug-likeness (QED) is 0.750. The number of rotatable bonds is 5. The van der Waals surface area contributed by atoms with Crippen LogP contribution in [0.2, 0.25) is 0 Å². The number of hydrogen-bond donors (Lipinski definition) is 1. The van der Waals surface area contributed by atoms with E-state index in [-0.39, 0.29) is 6.04 Å². The highest BCUT2D eigenvalue weighted by Crippen LogP contribution is 2.43. The highest BCUT2D eigenvalue weighted by molar-refractivity contribution is 5.83. The molecule has 0 saturated heterocycles. The Hall–Kier alpha value is -2.39. The molecule has 3 unspecified atom stereocenters. The number of allylic oxidation sites excluding steroid dienone is 2. The maximum absolute atomic E-state index is 4.59.